The van der Waals surface area contributed by atoms with Gasteiger partial charge in [0.05, 0.1) is 0 Å². The molecule has 0 saturated carbocycles. The van der Waals surface area contributed by atoms with Crippen LogP contribution in [-0.2, 0) is 0 Å². The molecule has 4 heteroatoms. The predicted octanol–water partition coefficient (Wildman–Crippen LogP) is 3.28. The van der Waals surface area contributed by atoms with E-state index in [1.54, 1.807) is 17.8 Å². The fraction of sp³-hybridized carbons (Fsp3) is 0.571. The normalized spacial score (nSPS) is 13.0. The van der Waals surface area contributed by atoms with Crippen molar-refractivity contribution in [3.8, 4) is 0 Å². The van der Waals surface area contributed by atoms with Crippen LogP contribution in [0.2, 0.25) is 0 Å². The minimum atomic E-state index is -0.213. The molecule has 0 bridgehead atoms. The first-order chi connectivity index (χ1) is 8.58. The highest BCUT2D eigenvalue weighted by molar-refractivity contribution is 7.99. The zero-order valence-electron chi connectivity index (χ0n) is 11.4. The SMILES string of the molecule is CCN(CC)CCSc1ccc(F)cc1C(C)N. The van der Waals surface area contributed by atoms with Gasteiger partial charge in [-0.15, -0.1) is 11.8 Å². The second-order valence-electron chi connectivity index (χ2n) is 4.35. The maximum absolute atomic E-state index is 13.2. The molecule has 0 aromatic heterocycles. The van der Waals surface area contributed by atoms with E-state index in [0.29, 0.717) is 0 Å². The van der Waals surface area contributed by atoms with Gasteiger partial charge in [0, 0.05) is 23.2 Å². The van der Waals surface area contributed by atoms with Crippen LogP contribution in [0, 0.1) is 5.82 Å². The second-order valence-corrected chi connectivity index (χ2v) is 5.48. The zero-order valence-corrected chi connectivity index (χ0v) is 12.3. The Labute approximate surface area is 114 Å². The largest absolute Gasteiger partial charge is 0.324 e. The summed E-state index contributed by atoms with van der Waals surface area (Å²) in [5, 5.41) is 0. The Bertz CT molecular complexity index is 365. The van der Waals surface area contributed by atoms with Crippen molar-refractivity contribution in [2.45, 2.75) is 31.7 Å². The molecule has 0 amide bonds. The zero-order chi connectivity index (χ0) is 13.5. The Hall–Kier alpha value is -0.580. The molecule has 1 unspecified atom stereocenters. The van der Waals surface area contributed by atoms with Crippen LogP contribution in [0.4, 0.5) is 4.39 Å². The van der Waals surface area contributed by atoms with Crippen LogP contribution in [0.1, 0.15) is 32.4 Å². The lowest BCUT2D eigenvalue weighted by molar-refractivity contribution is 0.324. The van der Waals surface area contributed by atoms with Crippen molar-refractivity contribution >= 4 is 11.8 Å². The number of hydrogen-bond acceptors (Lipinski definition) is 3. The molecule has 1 rings (SSSR count). The molecular weight excluding hydrogens is 247 g/mol. The fourth-order valence-corrected chi connectivity index (χ4v) is 2.98. The van der Waals surface area contributed by atoms with Gasteiger partial charge in [-0.25, -0.2) is 4.39 Å². The maximum Gasteiger partial charge on any atom is 0.123 e. The number of halogens is 1. The molecule has 102 valence electrons. The molecule has 1 aromatic carbocycles. The number of hydrogen-bond donors (Lipinski definition) is 1. The van der Waals surface area contributed by atoms with Gasteiger partial charge in [0.25, 0.3) is 0 Å². The third-order valence-electron chi connectivity index (χ3n) is 3.02. The molecule has 0 radical (unpaired) electrons. The molecule has 0 fully saturated rings. The van der Waals surface area contributed by atoms with Gasteiger partial charge in [-0.05, 0) is 43.8 Å². The summed E-state index contributed by atoms with van der Waals surface area (Å²) < 4.78 is 13.2. The summed E-state index contributed by atoms with van der Waals surface area (Å²) in [7, 11) is 0. The minimum absolute atomic E-state index is 0.128. The lowest BCUT2D eigenvalue weighted by Crippen LogP contribution is -2.25. The predicted molar refractivity (Wildman–Crippen MR) is 77.5 cm³/mol. The molecule has 0 aliphatic rings. The van der Waals surface area contributed by atoms with Crippen molar-refractivity contribution in [3.05, 3.63) is 29.6 Å². The van der Waals surface area contributed by atoms with E-state index in [9.17, 15) is 4.39 Å². The van der Waals surface area contributed by atoms with Gasteiger partial charge < -0.3 is 10.6 Å². The van der Waals surface area contributed by atoms with Crippen molar-refractivity contribution in [2.24, 2.45) is 5.73 Å². The molecule has 1 atom stereocenters. The smallest absolute Gasteiger partial charge is 0.123 e. The lowest BCUT2D eigenvalue weighted by atomic mass is 10.1. The van der Waals surface area contributed by atoms with E-state index in [1.807, 2.05) is 13.0 Å². The average Bonchev–Trinajstić information content (AvgIpc) is 2.36. The van der Waals surface area contributed by atoms with Crippen LogP contribution in [0.3, 0.4) is 0 Å². The van der Waals surface area contributed by atoms with Crippen LogP contribution >= 0.6 is 11.8 Å². The molecule has 2 nitrogen and oxygen atoms in total. The van der Waals surface area contributed by atoms with Crippen molar-refractivity contribution < 1.29 is 4.39 Å². The van der Waals surface area contributed by atoms with Gasteiger partial charge in [-0.3, -0.25) is 0 Å². The summed E-state index contributed by atoms with van der Waals surface area (Å²) in [5.74, 6) is 0.794. The Morgan fingerprint density at radius 2 is 2.00 bits per heavy atom. The summed E-state index contributed by atoms with van der Waals surface area (Å²) in [5.41, 5.74) is 6.78. The van der Waals surface area contributed by atoms with Crippen LogP contribution in [0.15, 0.2) is 23.1 Å². The molecule has 0 saturated heterocycles. The molecular formula is C14H23FN2S. The highest BCUT2D eigenvalue weighted by Crippen LogP contribution is 2.27. The monoisotopic (exact) mass is 270 g/mol. The highest BCUT2D eigenvalue weighted by atomic mass is 32.2. The topological polar surface area (TPSA) is 29.3 Å². The molecule has 0 spiro atoms. The van der Waals surface area contributed by atoms with Crippen LogP contribution in [-0.4, -0.2) is 30.3 Å². The standard InChI is InChI=1S/C14H23FN2S/c1-4-17(5-2)8-9-18-14-7-6-12(15)10-13(14)11(3)16/h6-7,10-11H,4-5,8-9,16H2,1-3H3. The van der Waals surface area contributed by atoms with Crippen molar-refractivity contribution in [3.63, 3.8) is 0 Å². The van der Waals surface area contributed by atoms with Crippen LogP contribution < -0.4 is 5.73 Å². The third kappa shape index (κ3) is 4.59. The number of nitrogens with zero attached hydrogens (tertiary/aromatic N) is 1. The highest BCUT2D eigenvalue weighted by Gasteiger charge is 2.09. The quantitative estimate of drug-likeness (QED) is 0.771. The fourth-order valence-electron chi connectivity index (χ4n) is 1.83. The molecule has 0 aliphatic carbocycles. The summed E-state index contributed by atoms with van der Waals surface area (Å²) in [6.07, 6.45) is 0. The third-order valence-corrected chi connectivity index (χ3v) is 4.09. The van der Waals surface area contributed by atoms with E-state index >= 15 is 0 Å². The van der Waals surface area contributed by atoms with Crippen molar-refractivity contribution in [1.29, 1.82) is 0 Å². The van der Waals surface area contributed by atoms with E-state index in [0.717, 1.165) is 35.8 Å². The maximum atomic E-state index is 13.2. The van der Waals surface area contributed by atoms with Gasteiger partial charge in [0.15, 0.2) is 0 Å². The van der Waals surface area contributed by atoms with Crippen molar-refractivity contribution in [1.82, 2.24) is 4.90 Å². The van der Waals surface area contributed by atoms with E-state index in [1.165, 1.54) is 6.07 Å². The number of rotatable bonds is 7. The van der Waals surface area contributed by atoms with E-state index < -0.39 is 0 Å². The van der Waals surface area contributed by atoms with Crippen molar-refractivity contribution in [2.75, 3.05) is 25.4 Å². The molecule has 1 aromatic rings. The number of nitrogens with two attached hydrogens (primary N) is 1. The van der Waals surface area contributed by atoms with Crippen LogP contribution in [0.25, 0.3) is 0 Å². The first-order valence-corrected chi connectivity index (χ1v) is 7.47. The molecule has 0 aliphatic heterocycles. The summed E-state index contributed by atoms with van der Waals surface area (Å²) in [6, 6.07) is 4.76. The van der Waals surface area contributed by atoms with E-state index in [2.05, 4.69) is 18.7 Å². The molecule has 2 N–H and O–H groups in total. The Morgan fingerprint density at radius 3 is 2.56 bits per heavy atom. The summed E-state index contributed by atoms with van der Waals surface area (Å²) in [6.45, 7) is 9.41. The first kappa shape index (κ1) is 15.5. The molecule has 0 heterocycles. The van der Waals surface area contributed by atoms with Gasteiger partial charge in [0.1, 0.15) is 5.82 Å². The Balaban J connectivity index is 2.61. The van der Waals surface area contributed by atoms with Gasteiger partial charge >= 0.3 is 0 Å². The summed E-state index contributed by atoms with van der Waals surface area (Å²) >= 11 is 1.75. The average molecular weight is 270 g/mol. The number of benzene rings is 1. The lowest BCUT2D eigenvalue weighted by Gasteiger charge is -2.18. The van der Waals surface area contributed by atoms with Gasteiger partial charge in [-0.1, -0.05) is 13.8 Å². The first-order valence-electron chi connectivity index (χ1n) is 6.48. The molecule has 18 heavy (non-hydrogen) atoms. The second kappa shape index (κ2) is 7.77. The van der Waals surface area contributed by atoms with E-state index in [4.69, 9.17) is 5.73 Å². The van der Waals surface area contributed by atoms with E-state index in [-0.39, 0.29) is 11.9 Å². The van der Waals surface area contributed by atoms with Gasteiger partial charge in [-0.2, -0.15) is 0 Å². The summed E-state index contributed by atoms with van der Waals surface area (Å²) in [4.78, 5) is 3.47. The Morgan fingerprint density at radius 1 is 1.33 bits per heavy atom. The Kier molecular flexibility index (Phi) is 6.68. The minimum Gasteiger partial charge on any atom is -0.324 e. The van der Waals surface area contributed by atoms with Crippen LogP contribution in [0.5, 0.6) is 0 Å². The number of thioether (sulfide) groups is 1. The van der Waals surface area contributed by atoms with Gasteiger partial charge in [0.2, 0.25) is 0 Å².